The highest BCUT2D eigenvalue weighted by atomic mass is 16.2. The van der Waals surface area contributed by atoms with Crippen LogP contribution in [0, 0.1) is 11.3 Å². The molecule has 1 saturated heterocycles. The number of hydrogen-bond donors (Lipinski definition) is 2. The molecule has 1 atom stereocenters. The number of amides is 1. The molecule has 4 nitrogen and oxygen atoms in total. The van der Waals surface area contributed by atoms with Gasteiger partial charge in [-0.25, -0.2) is 0 Å². The van der Waals surface area contributed by atoms with E-state index in [1.807, 2.05) is 37.3 Å². The van der Waals surface area contributed by atoms with Crippen molar-refractivity contribution >= 4 is 11.9 Å². The Morgan fingerprint density at radius 1 is 1.32 bits per heavy atom. The molecule has 0 spiro atoms. The van der Waals surface area contributed by atoms with Gasteiger partial charge in [0.2, 0.25) is 0 Å². The lowest BCUT2D eigenvalue weighted by Crippen LogP contribution is -2.44. The summed E-state index contributed by atoms with van der Waals surface area (Å²) < 4.78 is 0. The molecule has 1 unspecified atom stereocenters. The molecule has 0 saturated carbocycles. The second-order valence-electron chi connectivity index (χ2n) is 5.78. The first-order valence-corrected chi connectivity index (χ1v) is 6.65. The number of carbonyl (C=O) groups excluding carboxylic acids is 1. The largest absolute Gasteiger partial charge is 0.342 e. The highest BCUT2D eigenvalue weighted by Crippen LogP contribution is 2.25. The summed E-state index contributed by atoms with van der Waals surface area (Å²) in [5.41, 5.74) is 0.399. The second kappa shape index (κ2) is 5.03. The van der Waals surface area contributed by atoms with Gasteiger partial charge in [-0.15, -0.1) is 0 Å². The van der Waals surface area contributed by atoms with Crippen LogP contribution in [0.1, 0.15) is 32.8 Å². The molecule has 4 heteroatoms. The molecule has 1 aromatic carbocycles. The van der Waals surface area contributed by atoms with Gasteiger partial charge < -0.3 is 5.32 Å². The van der Waals surface area contributed by atoms with Crippen molar-refractivity contribution in [3.63, 3.8) is 0 Å². The monoisotopic (exact) mass is 259 g/mol. The van der Waals surface area contributed by atoms with Gasteiger partial charge in [0.1, 0.15) is 5.54 Å². The number of hydrogen-bond acceptors (Lipinski definition) is 2. The molecule has 1 aromatic rings. The third-order valence-electron chi connectivity index (χ3n) is 3.38. The maximum atomic E-state index is 12.5. The minimum atomic E-state index is -0.639. The Hall–Kier alpha value is -1.84. The van der Waals surface area contributed by atoms with Crippen LogP contribution in [0.15, 0.2) is 30.3 Å². The zero-order valence-corrected chi connectivity index (χ0v) is 11.7. The van der Waals surface area contributed by atoms with Gasteiger partial charge in [-0.1, -0.05) is 44.2 Å². The molecular formula is C15H21N3O. The Morgan fingerprint density at radius 3 is 2.53 bits per heavy atom. The van der Waals surface area contributed by atoms with E-state index < -0.39 is 5.54 Å². The first-order chi connectivity index (χ1) is 8.92. The van der Waals surface area contributed by atoms with E-state index in [4.69, 9.17) is 5.41 Å². The third-order valence-corrected chi connectivity index (χ3v) is 3.38. The summed E-state index contributed by atoms with van der Waals surface area (Å²) in [6, 6.07) is 9.78. The van der Waals surface area contributed by atoms with Crippen LogP contribution in [0.4, 0.5) is 0 Å². The average molecular weight is 259 g/mol. The van der Waals surface area contributed by atoms with Crippen LogP contribution >= 0.6 is 0 Å². The van der Waals surface area contributed by atoms with Crippen molar-refractivity contribution in [2.75, 3.05) is 0 Å². The van der Waals surface area contributed by atoms with Crippen molar-refractivity contribution in [1.82, 2.24) is 10.2 Å². The van der Waals surface area contributed by atoms with Crippen LogP contribution in [0.5, 0.6) is 0 Å². The van der Waals surface area contributed by atoms with Crippen LogP contribution in [0.25, 0.3) is 0 Å². The van der Waals surface area contributed by atoms with Gasteiger partial charge in [0, 0.05) is 0 Å². The van der Waals surface area contributed by atoms with Crippen LogP contribution < -0.4 is 5.32 Å². The molecule has 1 aliphatic rings. The van der Waals surface area contributed by atoms with Crippen LogP contribution in [-0.2, 0) is 11.3 Å². The number of nitrogens with zero attached hydrogens (tertiary/aromatic N) is 1. The SMILES string of the molecule is CC(C)CC1(C)NC(=N)N(Cc2ccccc2)C1=O. The van der Waals surface area contributed by atoms with Gasteiger partial charge in [0.15, 0.2) is 5.96 Å². The zero-order valence-electron chi connectivity index (χ0n) is 11.7. The van der Waals surface area contributed by atoms with Crippen molar-refractivity contribution in [2.45, 2.75) is 39.3 Å². The molecule has 1 fully saturated rings. The summed E-state index contributed by atoms with van der Waals surface area (Å²) in [6.45, 7) is 6.52. The fourth-order valence-corrected chi connectivity index (χ4v) is 2.65. The summed E-state index contributed by atoms with van der Waals surface area (Å²) in [4.78, 5) is 14.0. The van der Waals surface area contributed by atoms with Gasteiger partial charge in [-0.2, -0.15) is 0 Å². The van der Waals surface area contributed by atoms with Crippen LogP contribution in [0.2, 0.25) is 0 Å². The quantitative estimate of drug-likeness (QED) is 0.872. The standard InChI is InChI=1S/C15H21N3O/c1-11(2)9-15(3)13(19)18(14(16)17-15)10-12-7-5-4-6-8-12/h4-8,11H,9-10H2,1-3H3,(H2,16,17). The maximum absolute atomic E-state index is 12.5. The van der Waals surface area contributed by atoms with E-state index in [1.54, 1.807) is 0 Å². The van der Waals surface area contributed by atoms with Gasteiger partial charge in [-0.05, 0) is 24.8 Å². The normalized spacial score (nSPS) is 23.1. The van der Waals surface area contributed by atoms with Crippen molar-refractivity contribution in [3.8, 4) is 0 Å². The molecule has 0 bridgehead atoms. The first kappa shape index (κ1) is 13.6. The molecule has 1 amide bonds. The number of guanidine groups is 1. The van der Waals surface area contributed by atoms with Gasteiger partial charge in [0.25, 0.3) is 5.91 Å². The fourth-order valence-electron chi connectivity index (χ4n) is 2.65. The van der Waals surface area contributed by atoms with E-state index in [2.05, 4.69) is 19.2 Å². The highest BCUT2D eigenvalue weighted by molar-refractivity contribution is 6.07. The van der Waals surface area contributed by atoms with Gasteiger partial charge in [-0.3, -0.25) is 15.1 Å². The predicted octanol–water partition coefficient (Wildman–Crippen LogP) is 2.36. The molecule has 1 heterocycles. The Kier molecular flexibility index (Phi) is 3.60. The molecule has 2 rings (SSSR count). The van der Waals surface area contributed by atoms with Gasteiger partial charge in [0.05, 0.1) is 6.54 Å². The number of nitrogens with one attached hydrogen (secondary N) is 2. The molecule has 102 valence electrons. The summed E-state index contributed by atoms with van der Waals surface area (Å²) in [5.74, 6) is 0.609. The lowest BCUT2D eigenvalue weighted by atomic mass is 9.91. The van der Waals surface area contributed by atoms with E-state index in [-0.39, 0.29) is 11.9 Å². The Labute approximate surface area is 114 Å². The van der Waals surface area contributed by atoms with E-state index >= 15 is 0 Å². The second-order valence-corrected chi connectivity index (χ2v) is 5.78. The molecule has 0 aliphatic carbocycles. The van der Waals surface area contributed by atoms with Crippen molar-refractivity contribution in [2.24, 2.45) is 5.92 Å². The lowest BCUT2D eigenvalue weighted by molar-refractivity contribution is -0.131. The van der Waals surface area contributed by atoms with Crippen LogP contribution in [0.3, 0.4) is 0 Å². The molecule has 1 aliphatic heterocycles. The Morgan fingerprint density at radius 2 is 1.95 bits per heavy atom. The minimum Gasteiger partial charge on any atom is -0.342 e. The summed E-state index contributed by atoms with van der Waals surface area (Å²) in [7, 11) is 0. The zero-order chi connectivity index (χ0) is 14.0. The average Bonchev–Trinajstić information content (AvgIpc) is 2.53. The smallest absolute Gasteiger partial charge is 0.255 e. The molecule has 0 radical (unpaired) electrons. The molecule has 0 aromatic heterocycles. The molecule has 2 N–H and O–H groups in total. The van der Waals surface area contributed by atoms with Crippen molar-refractivity contribution in [3.05, 3.63) is 35.9 Å². The summed E-state index contributed by atoms with van der Waals surface area (Å²) in [5, 5.41) is 11.0. The molecular weight excluding hydrogens is 238 g/mol. The van der Waals surface area contributed by atoms with E-state index in [1.165, 1.54) is 4.90 Å². The summed E-state index contributed by atoms with van der Waals surface area (Å²) in [6.07, 6.45) is 0.736. The maximum Gasteiger partial charge on any atom is 0.255 e. The topological polar surface area (TPSA) is 56.2 Å². The predicted molar refractivity (Wildman–Crippen MR) is 75.7 cm³/mol. The van der Waals surface area contributed by atoms with Crippen molar-refractivity contribution in [1.29, 1.82) is 5.41 Å². The fraction of sp³-hybridized carbons (Fsp3) is 0.467. The highest BCUT2D eigenvalue weighted by Gasteiger charge is 2.45. The Bertz CT molecular complexity index is 483. The number of carbonyl (C=O) groups is 1. The van der Waals surface area contributed by atoms with Gasteiger partial charge >= 0.3 is 0 Å². The third kappa shape index (κ3) is 2.78. The molecule has 19 heavy (non-hydrogen) atoms. The van der Waals surface area contributed by atoms with E-state index in [0.29, 0.717) is 12.5 Å². The number of rotatable bonds is 4. The van der Waals surface area contributed by atoms with Crippen molar-refractivity contribution < 1.29 is 4.79 Å². The minimum absolute atomic E-state index is 0.00458. The lowest BCUT2D eigenvalue weighted by Gasteiger charge is -2.24. The first-order valence-electron chi connectivity index (χ1n) is 6.65. The van der Waals surface area contributed by atoms with Crippen LogP contribution in [-0.4, -0.2) is 22.3 Å². The number of benzene rings is 1. The van der Waals surface area contributed by atoms with E-state index in [0.717, 1.165) is 12.0 Å². The summed E-state index contributed by atoms with van der Waals surface area (Å²) >= 11 is 0. The van der Waals surface area contributed by atoms with E-state index in [9.17, 15) is 4.79 Å². The Balaban J connectivity index is 2.15.